The van der Waals surface area contributed by atoms with Crippen molar-refractivity contribution < 1.29 is 4.92 Å². The Kier molecular flexibility index (Phi) is 4.97. The summed E-state index contributed by atoms with van der Waals surface area (Å²) in [4.78, 5) is 10.4. The number of benzene rings is 1. The summed E-state index contributed by atoms with van der Waals surface area (Å²) in [6, 6.07) is 6.72. The number of nitro groups is 1. The van der Waals surface area contributed by atoms with E-state index in [1.165, 1.54) is 25.3 Å². The van der Waals surface area contributed by atoms with E-state index in [9.17, 15) is 10.1 Å². The van der Waals surface area contributed by atoms with E-state index in [0.717, 1.165) is 43.1 Å². The lowest BCUT2D eigenvalue weighted by Crippen LogP contribution is -2.19. The molecule has 3 rings (SSSR count). The molecule has 1 aliphatic rings. The second-order valence-corrected chi connectivity index (χ2v) is 5.85. The van der Waals surface area contributed by atoms with Crippen LogP contribution in [0.15, 0.2) is 24.3 Å². The highest BCUT2D eigenvalue weighted by atomic mass is 16.6. The van der Waals surface area contributed by atoms with E-state index in [2.05, 4.69) is 20.1 Å². The van der Waals surface area contributed by atoms with Crippen LogP contribution >= 0.6 is 0 Å². The van der Waals surface area contributed by atoms with Crippen LogP contribution < -0.4 is 5.32 Å². The van der Waals surface area contributed by atoms with Gasteiger partial charge in [-0.05, 0) is 18.4 Å². The van der Waals surface area contributed by atoms with E-state index >= 15 is 0 Å². The molecule has 1 aliphatic heterocycles. The van der Waals surface area contributed by atoms with Gasteiger partial charge in [0.1, 0.15) is 11.6 Å². The van der Waals surface area contributed by atoms with Crippen molar-refractivity contribution in [3.8, 4) is 0 Å². The fourth-order valence-corrected chi connectivity index (χ4v) is 2.94. The SMILES string of the molecule is O=[N+]([O-])c1cccc(CNCCc2nnc3n2CCCCC3)c1. The Labute approximate surface area is 134 Å². The second-order valence-electron chi connectivity index (χ2n) is 5.85. The second kappa shape index (κ2) is 7.32. The van der Waals surface area contributed by atoms with Crippen molar-refractivity contribution in [3.05, 3.63) is 51.6 Å². The van der Waals surface area contributed by atoms with Crippen molar-refractivity contribution in [2.24, 2.45) is 0 Å². The Balaban J connectivity index is 1.51. The number of aromatic nitrogens is 3. The Morgan fingerprint density at radius 1 is 1.26 bits per heavy atom. The van der Waals surface area contributed by atoms with Gasteiger partial charge < -0.3 is 9.88 Å². The van der Waals surface area contributed by atoms with E-state index in [0.29, 0.717) is 6.54 Å². The van der Waals surface area contributed by atoms with Gasteiger partial charge in [0.05, 0.1) is 4.92 Å². The average Bonchev–Trinajstić information content (AvgIpc) is 2.79. The molecule has 0 aliphatic carbocycles. The first-order valence-electron chi connectivity index (χ1n) is 8.09. The minimum absolute atomic E-state index is 0.132. The normalized spacial score (nSPS) is 14.3. The molecule has 1 aromatic heterocycles. The third-order valence-electron chi connectivity index (χ3n) is 4.16. The first kappa shape index (κ1) is 15.6. The lowest BCUT2D eigenvalue weighted by Gasteiger charge is -2.08. The molecule has 2 aromatic rings. The number of hydrogen-bond donors (Lipinski definition) is 1. The molecule has 0 saturated carbocycles. The number of nitro benzene ring substituents is 1. The van der Waals surface area contributed by atoms with Crippen molar-refractivity contribution >= 4 is 5.69 Å². The summed E-state index contributed by atoms with van der Waals surface area (Å²) in [5, 5.41) is 22.7. The highest BCUT2D eigenvalue weighted by Crippen LogP contribution is 2.15. The molecule has 1 aromatic carbocycles. The number of non-ortho nitro benzene ring substituents is 1. The molecular weight excluding hydrogens is 294 g/mol. The number of nitrogens with zero attached hydrogens (tertiary/aromatic N) is 4. The van der Waals surface area contributed by atoms with Crippen LogP contribution in [0, 0.1) is 10.1 Å². The Morgan fingerprint density at radius 3 is 3.04 bits per heavy atom. The molecule has 7 heteroatoms. The standard InChI is InChI=1S/C16H21N5O2/c22-21(23)14-6-4-5-13(11-14)12-17-9-8-16-19-18-15-7-2-1-3-10-20(15)16/h4-6,11,17H,1-3,7-10,12H2. The van der Waals surface area contributed by atoms with E-state index < -0.39 is 0 Å². The summed E-state index contributed by atoms with van der Waals surface area (Å²) in [5.41, 5.74) is 1.05. The lowest BCUT2D eigenvalue weighted by atomic mass is 10.2. The highest BCUT2D eigenvalue weighted by molar-refractivity contribution is 5.34. The summed E-state index contributed by atoms with van der Waals surface area (Å²) in [7, 11) is 0. The number of hydrogen-bond acceptors (Lipinski definition) is 5. The van der Waals surface area contributed by atoms with Crippen LogP contribution in [0.2, 0.25) is 0 Å². The Hall–Kier alpha value is -2.28. The lowest BCUT2D eigenvalue weighted by molar-refractivity contribution is -0.384. The molecule has 0 saturated heterocycles. The quantitative estimate of drug-likeness (QED) is 0.502. The maximum absolute atomic E-state index is 10.8. The van der Waals surface area contributed by atoms with Crippen molar-refractivity contribution in [1.82, 2.24) is 20.1 Å². The van der Waals surface area contributed by atoms with Crippen LogP contribution in [0.1, 0.15) is 36.5 Å². The monoisotopic (exact) mass is 315 g/mol. The summed E-state index contributed by atoms with van der Waals surface area (Å²) in [6.07, 6.45) is 5.49. The van der Waals surface area contributed by atoms with Crippen molar-refractivity contribution in [3.63, 3.8) is 0 Å². The molecule has 0 unspecified atom stereocenters. The minimum atomic E-state index is -0.366. The van der Waals surface area contributed by atoms with Crippen LogP contribution in [0.3, 0.4) is 0 Å². The number of fused-ring (bicyclic) bond motifs is 1. The van der Waals surface area contributed by atoms with Crippen molar-refractivity contribution in [2.75, 3.05) is 6.54 Å². The molecule has 0 bridgehead atoms. The third-order valence-corrected chi connectivity index (χ3v) is 4.16. The molecule has 0 radical (unpaired) electrons. The topological polar surface area (TPSA) is 85.9 Å². The summed E-state index contributed by atoms with van der Waals surface area (Å²) in [5.74, 6) is 2.14. The zero-order valence-corrected chi connectivity index (χ0v) is 13.1. The van der Waals surface area contributed by atoms with Gasteiger partial charge in [0, 0.05) is 44.6 Å². The molecule has 7 nitrogen and oxygen atoms in total. The number of aryl methyl sites for hydroxylation is 1. The third kappa shape index (κ3) is 3.92. The van der Waals surface area contributed by atoms with E-state index in [4.69, 9.17) is 0 Å². The summed E-state index contributed by atoms with van der Waals surface area (Å²) >= 11 is 0. The predicted molar refractivity (Wildman–Crippen MR) is 86.1 cm³/mol. The van der Waals surface area contributed by atoms with Crippen LogP contribution in [-0.4, -0.2) is 26.2 Å². The van der Waals surface area contributed by atoms with Gasteiger partial charge in [-0.25, -0.2) is 0 Å². The van der Waals surface area contributed by atoms with E-state index in [1.807, 2.05) is 6.07 Å². The van der Waals surface area contributed by atoms with E-state index in [-0.39, 0.29) is 10.6 Å². The summed E-state index contributed by atoms with van der Waals surface area (Å²) in [6.45, 7) is 2.41. The van der Waals surface area contributed by atoms with Gasteiger partial charge in [0.25, 0.3) is 5.69 Å². The Morgan fingerprint density at radius 2 is 2.17 bits per heavy atom. The van der Waals surface area contributed by atoms with Crippen LogP contribution in [0.5, 0.6) is 0 Å². The van der Waals surface area contributed by atoms with Gasteiger partial charge in [-0.3, -0.25) is 10.1 Å². The molecule has 122 valence electrons. The summed E-state index contributed by atoms with van der Waals surface area (Å²) < 4.78 is 2.25. The molecule has 0 atom stereocenters. The maximum atomic E-state index is 10.8. The fourth-order valence-electron chi connectivity index (χ4n) is 2.94. The van der Waals surface area contributed by atoms with Gasteiger partial charge >= 0.3 is 0 Å². The minimum Gasteiger partial charge on any atom is -0.315 e. The van der Waals surface area contributed by atoms with Gasteiger partial charge in [0.2, 0.25) is 0 Å². The molecule has 0 fully saturated rings. The number of nitrogens with one attached hydrogen (secondary N) is 1. The average molecular weight is 315 g/mol. The van der Waals surface area contributed by atoms with Gasteiger partial charge in [0.15, 0.2) is 0 Å². The van der Waals surface area contributed by atoms with Crippen molar-refractivity contribution in [2.45, 2.75) is 45.2 Å². The Bertz CT molecular complexity index is 683. The smallest absolute Gasteiger partial charge is 0.269 e. The molecule has 1 N–H and O–H groups in total. The fraction of sp³-hybridized carbons (Fsp3) is 0.500. The maximum Gasteiger partial charge on any atom is 0.269 e. The largest absolute Gasteiger partial charge is 0.315 e. The first-order chi connectivity index (χ1) is 11.2. The van der Waals surface area contributed by atoms with Crippen LogP contribution in [0.4, 0.5) is 5.69 Å². The molecule has 23 heavy (non-hydrogen) atoms. The molecule has 2 heterocycles. The first-order valence-corrected chi connectivity index (χ1v) is 8.09. The molecule has 0 spiro atoms. The van der Waals surface area contributed by atoms with E-state index in [1.54, 1.807) is 12.1 Å². The molecule has 0 amide bonds. The van der Waals surface area contributed by atoms with Gasteiger partial charge in [-0.15, -0.1) is 10.2 Å². The van der Waals surface area contributed by atoms with Gasteiger partial charge in [-0.1, -0.05) is 18.6 Å². The molecular formula is C16H21N5O2. The zero-order valence-electron chi connectivity index (χ0n) is 13.1. The van der Waals surface area contributed by atoms with Gasteiger partial charge in [-0.2, -0.15) is 0 Å². The highest BCUT2D eigenvalue weighted by Gasteiger charge is 2.14. The van der Waals surface area contributed by atoms with Crippen molar-refractivity contribution in [1.29, 1.82) is 0 Å². The van der Waals surface area contributed by atoms with Crippen LogP contribution in [-0.2, 0) is 25.9 Å². The zero-order chi connectivity index (χ0) is 16.1. The number of rotatable bonds is 6. The predicted octanol–water partition coefficient (Wildman–Crippen LogP) is 2.25. The van der Waals surface area contributed by atoms with Crippen LogP contribution in [0.25, 0.3) is 0 Å².